The van der Waals surface area contributed by atoms with Crippen molar-refractivity contribution in [3.8, 4) is 5.19 Å². The highest BCUT2D eigenvalue weighted by Gasteiger charge is 2.56. The Labute approximate surface area is 137 Å². The van der Waals surface area contributed by atoms with Crippen LogP contribution in [0.25, 0.3) is 0 Å². The summed E-state index contributed by atoms with van der Waals surface area (Å²) in [4.78, 5) is 27.9. The van der Waals surface area contributed by atoms with Gasteiger partial charge in [-0.3, -0.25) is 9.59 Å². The summed E-state index contributed by atoms with van der Waals surface area (Å²) in [6.45, 7) is 0.106. The molecule has 126 valence electrons. The molecule has 2 aliphatic rings. The Kier molecular flexibility index (Phi) is 4.93. The molecule has 1 aromatic rings. The second kappa shape index (κ2) is 6.94. The number of nitrogens with zero attached hydrogens (tertiary/aromatic N) is 1. The van der Waals surface area contributed by atoms with Crippen LogP contribution < -0.4 is 10.1 Å². The van der Waals surface area contributed by atoms with Crippen LogP contribution in [0.15, 0.2) is 6.20 Å². The molecule has 4 atom stereocenters. The second-order valence-corrected chi connectivity index (χ2v) is 7.03. The maximum atomic E-state index is 12.0. The van der Waals surface area contributed by atoms with Gasteiger partial charge in [0.1, 0.15) is 23.4 Å². The van der Waals surface area contributed by atoms with E-state index in [0.29, 0.717) is 29.0 Å². The lowest BCUT2D eigenvalue weighted by Crippen LogP contribution is -2.24. The van der Waals surface area contributed by atoms with Gasteiger partial charge in [-0.1, -0.05) is 11.3 Å². The molecule has 7 nitrogen and oxygen atoms in total. The number of fused-ring (bicyclic) bond motifs is 1. The number of thiazole rings is 1. The van der Waals surface area contributed by atoms with Gasteiger partial charge in [-0.2, -0.15) is 0 Å². The van der Waals surface area contributed by atoms with Gasteiger partial charge in [-0.15, -0.1) is 0 Å². The fourth-order valence-electron chi connectivity index (χ4n) is 3.27. The van der Waals surface area contributed by atoms with Crippen LogP contribution >= 0.6 is 11.3 Å². The number of hydrogen-bond donors (Lipinski definition) is 3. The lowest BCUT2D eigenvalue weighted by Gasteiger charge is -2.06. The first-order valence-corrected chi connectivity index (χ1v) is 8.60. The number of nitrogens with one attached hydrogen (secondary N) is 1. The maximum Gasteiger partial charge on any atom is 0.273 e. The minimum Gasteiger partial charge on any atom is -0.467 e. The SMILES string of the molecule is O=C(NCCC1C2CCC(=O)C12)c1cnc(OCC(O)CO)s1. The van der Waals surface area contributed by atoms with E-state index < -0.39 is 6.10 Å². The lowest BCUT2D eigenvalue weighted by atomic mass is 10.1. The lowest BCUT2D eigenvalue weighted by molar-refractivity contribution is -0.119. The number of ether oxygens (including phenoxy) is 1. The molecule has 4 unspecified atom stereocenters. The van der Waals surface area contributed by atoms with E-state index in [1.807, 2.05) is 0 Å². The normalized spacial score (nSPS) is 26.7. The second-order valence-electron chi connectivity index (χ2n) is 6.04. The topological polar surface area (TPSA) is 109 Å². The number of carbonyl (C=O) groups excluding carboxylic acids is 2. The fraction of sp³-hybridized carbons (Fsp3) is 0.667. The molecule has 1 aromatic heterocycles. The zero-order valence-electron chi connectivity index (χ0n) is 12.6. The largest absolute Gasteiger partial charge is 0.467 e. The summed E-state index contributed by atoms with van der Waals surface area (Å²) in [5.41, 5.74) is 0. The molecule has 1 heterocycles. The summed E-state index contributed by atoms with van der Waals surface area (Å²) in [5.74, 6) is 1.45. The maximum absolute atomic E-state index is 12.0. The fourth-order valence-corrected chi connectivity index (χ4v) is 3.97. The average Bonchev–Trinajstić information content (AvgIpc) is 2.87. The summed E-state index contributed by atoms with van der Waals surface area (Å²) >= 11 is 1.09. The van der Waals surface area contributed by atoms with Crippen molar-refractivity contribution in [3.63, 3.8) is 0 Å². The standard InChI is InChI=1S/C15H20N2O5S/c18-6-8(19)7-22-15-17-5-12(23-15)14(21)16-4-3-10-9-1-2-11(20)13(9)10/h5,8-10,13,18-19H,1-4,6-7H2,(H,16,21). The Balaban J connectivity index is 1.39. The van der Waals surface area contributed by atoms with Gasteiger partial charge in [-0.25, -0.2) is 4.98 Å². The van der Waals surface area contributed by atoms with Crippen LogP contribution in [0.3, 0.4) is 0 Å². The van der Waals surface area contributed by atoms with Crippen molar-refractivity contribution in [2.45, 2.75) is 25.4 Å². The Morgan fingerprint density at radius 3 is 3.09 bits per heavy atom. The summed E-state index contributed by atoms with van der Waals surface area (Å²) in [6.07, 6.45) is 3.05. The highest BCUT2D eigenvalue weighted by atomic mass is 32.1. The van der Waals surface area contributed by atoms with Gasteiger partial charge in [0.15, 0.2) is 0 Å². The molecule has 2 aliphatic carbocycles. The van der Waals surface area contributed by atoms with Gasteiger partial charge in [0.2, 0.25) is 0 Å². The van der Waals surface area contributed by atoms with Crippen LogP contribution in [0.4, 0.5) is 0 Å². The van der Waals surface area contributed by atoms with E-state index in [4.69, 9.17) is 9.84 Å². The van der Waals surface area contributed by atoms with Crippen LogP contribution in [0.5, 0.6) is 5.19 Å². The molecule has 0 radical (unpaired) electrons. The van der Waals surface area contributed by atoms with Crippen molar-refractivity contribution in [2.75, 3.05) is 19.8 Å². The molecular formula is C15H20N2O5S. The molecule has 0 spiro atoms. The molecule has 3 rings (SSSR count). The predicted octanol–water partition coefficient (Wildman–Crippen LogP) is 0.220. The van der Waals surface area contributed by atoms with Crippen molar-refractivity contribution in [1.29, 1.82) is 0 Å². The molecule has 0 aliphatic heterocycles. The van der Waals surface area contributed by atoms with Crippen LogP contribution in [0.2, 0.25) is 0 Å². The van der Waals surface area contributed by atoms with Crippen LogP contribution in [-0.2, 0) is 4.79 Å². The van der Waals surface area contributed by atoms with Gasteiger partial charge >= 0.3 is 0 Å². The number of aliphatic hydroxyl groups excluding tert-OH is 2. The van der Waals surface area contributed by atoms with E-state index in [1.54, 1.807) is 0 Å². The molecule has 2 fully saturated rings. The van der Waals surface area contributed by atoms with Crippen molar-refractivity contribution < 1.29 is 24.5 Å². The number of ketones is 1. The number of amides is 1. The van der Waals surface area contributed by atoms with Crippen molar-refractivity contribution in [1.82, 2.24) is 10.3 Å². The molecule has 23 heavy (non-hydrogen) atoms. The monoisotopic (exact) mass is 340 g/mol. The summed E-state index contributed by atoms with van der Waals surface area (Å²) in [6, 6.07) is 0. The molecule has 3 N–H and O–H groups in total. The summed E-state index contributed by atoms with van der Waals surface area (Å²) in [7, 11) is 0. The highest BCUT2D eigenvalue weighted by molar-refractivity contribution is 7.15. The third-order valence-electron chi connectivity index (χ3n) is 4.51. The first-order valence-electron chi connectivity index (χ1n) is 7.78. The molecule has 0 aromatic carbocycles. The third kappa shape index (κ3) is 3.70. The zero-order valence-corrected chi connectivity index (χ0v) is 13.4. The van der Waals surface area contributed by atoms with E-state index in [2.05, 4.69) is 10.3 Å². The van der Waals surface area contributed by atoms with Crippen molar-refractivity contribution >= 4 is 23.0 Å². The number of Topliss-reactive ketones (excluding diaryl/α,β-unsaturated/α-hetero) is 1. The van der Waals surface area contributed by atoms with Gasteiger partial charge in [0.25, 0.3) is 11.1 Å². The molecular weight excluding hydrogens is 320 g/mol. The van der Waals surface area contributed by atoms with E-state index in [-0.39, 0.29) is 30.2 Å². The molecule has 0 saturated heterocycles. The van der Waals surface area contributed by atoms with E-state index in [1.165, 1.54) is 6.20 Å². The van der Waals surface area contributed by atoms with Gasteiger partial charge in [-0.05, 0) is 24.7 Å². The highest BCUT2D eigenvalue weighted by Crippen LogP contribution is 2.56. The van der Waals surface area contributed by atoms with E-state index in [9.17, 15) is 14.7 Å². The minimum absolute atomic E-state index is 0.0659. The van der Waals surface area contributed by atoms with Crippen molar-refractivity contribution in [3.05, 3.63) is 11.1 Å². The van der Waals surface area contributed by atoms with E-state index in [0.717, 1.165) is 30.6 Å². The number of rotatable bonds is 8. The Bertz CT molecular complexity index is 590. The molecule has 1 amide bonds. The number of aromatic nitrogens is 1. The molecule has 2 saturated carbocycles. The van der Waals surface area contributed by atoms with Gasteiger partial charge < -0.3 is 20.3 Å². The third-order valence-corrected chi connectivity index (χ3v) is 5.42. The first kappa shape index (κ1) is 16.4. The van der Waals surface area contributed by atoms with Gasteiger partial charge in [0.05, 0.1) is 12.8 Å². The Morgan fingerprint density at radius 2 is 2.39 bits per heavy atom. The zero-order chi connectivity index (χ0) is 16.4. The minimum atomic E-state index is -0.961. The van der Waals surface area contributed by atoms with Crippen molar-refractivity contribution in [2.24, 2.45) is 17.8 Å². The molecule has 0 bridgehead atoms. The van der Waals surface area contributed by atoms with Crippen LogP contribution in [-0.4, -0.2) is 52.7 Å². The smallest absolute Gasteiger partial charge is 0.273 e. The average molecular weight is 340 g/mol. The first-order chi connectivity index (χ1) is 11.1. The number of carbonyl (C=O) groups is 2. The molecule has 8 heteroatoms. The van der Waals surface area contributed by atoms with Crippen LogP contribution in [0, 0.1) is 17.8 Å². The van der Waals surface area contributed by atoms with E-state index >= 15 is 0 Å². The number of hydrogen-bond acceptors (Lipinski definition) is 7. The van der Waals surface area contributed by atoms with Crippen LogP contribution in [0.1, 0.15) is 28.9 Å². The predicted molar refractivity (Wildman–Crippen MR) is 82.4 cm³/mol. The summed E-state index contributed by atoms with van der Waals surface area (Å²) < 4.78 is 5.18. The van der Waals surface area contributed by atoms with Gasteiger partial charge in [0, 0.05) is 18.9 Å². The number of aliphatic hydroxyl groups is 2. The Hall–Kier alpha value is -1.51. The Morgan fingerprint density at radius 1 is 1.57 bits per heavy atom. The summed E-state index contributed by atoms with van der Waals surface area (Å²) in [5, 5.41) is 21.0. The quantitative estimate of drug-likeness (QED) is 0.625.